The molecule has 0 aromatic carbocycles. The lowest BCUT2D eigenvalue weighted by Crippen LogP contribution is -2.46. The minimum Gasteiger partial charge on any atom is -0.481 e. The summed E-state index contributed by atoms with van der Waals surface area (Å²) in [4.78, 5) is 23.3. The van der Waals surface area contributed by atoms with Crippen molar-refractivity contribution in [1.82, 2.24) is 10.2 Å². The fourth-order valence-corrected chi connectivity index (χ4v) is 1.09. The molecule has 0 spiro atoms. The third-order valence-electron chi connectivity index (χ3n) is 2.22. The highest BCUT2D eigenvalue weighted by atomic mass is 16.4. The first-order valence-corrected chi connectivity index (χ1v) is 5.00. The number of nitrogens with one attached hydrogen (secondary N) is 1. The van der Waals surface area contributed by atoms with Crippen molar-refractivity contribution in [3.05, 3.63) is 0 Å². The summed E-state index contributed by atoms with van der Waals surface area (Å²) < 4.78 is 0. The van der Waals surface area contributed by atoms with Crippen LogP contribution in [0.1, 0.15) is 26.7 Å². The average molecular weight is 227 g/mol. The molecule has 0 rings (SSSR count). The van der Waals surface area contributed by atoms with Crippen molar-refractivity contribution in [2.45, 2.75) is 38.8 Å². The highest BCUT2D eigenvalue weighted by Crippen LogP contribution is 2.01. The van der Waals surface area contributed by atoms with Crippen molar-refractivity contribution in [2.24, 2.45) is 0 Å². The Morgan fingerprint density at radius 1 is 1.50 bits per heavy atom. The highest BCUT2D eigenvalue weighted by molar-refractivity contribution is 5.75. The predicted molar refractivity (Wildman–Crippen MR) is 57.7 cm³/mol. The zero-order valence-electron chi connectivity index (χ0n) is 9.73. The first kappa shape index (κ1) is 14.2. The Labute approximate surface area is 94.8 Å². The van der Waals surface area contributed by atoms with Crippen molar-refractivity contribution < 1.29 is 14.7 Å². The summed E-state index contributed by atoms with van der Waals surface area (Å²) >= 11 is 0. The lowest BCUT2D eigenvalue weighted by molar-refractivity contribution is -0.137. The molecular weight excluding hydrogens is 210 g/mol. The zero-order chi connectivity index (χ0) is 12.7. The van der Waals surface area contributed by atoms with Gasteiger partial charge in [-0.3, -0.25) is 4.79 Å². The van der Waals surface area contributed by atoms with Crippen LogP contribution in [0.15, 0.2) is 0 Å². The molecule has 0 radical (unpaired) electrons. The van der Waals surface area contributed by atoms with E-state index in [1.807, 2.05) is 6.07 Å². The van der Waals surface area contributed by atoms with Crippen LogP contribution in [-0.2, 0) is 4.79 Å². The Morgan fingerprint density at radius 2 is 2.06 bits per heavy atom. The van der Waals surface area contributed by atoms with Crippen LogP contribution in [0.3, 0.4) is 0 Å². The molecule has 0 aliphatic heterocycles. The molecule has 0 aromatic rings. The van der Waals surface area contributed by atoms with Crippen molar-refractivity contribution in [2.75, 3.05) is 7.05 Å². The lowest BCUT2D eigenvalue weighted by atomic mass is 10.2. The van der Waals surface area contributed by atoms with E-state index >= 15 is 0 Å². The van der Waals surface area contributed by atoms with Gasteiger partial charge in [-0.25, -0.2) is 4.79 Å². The number of carbonyl (C=O) groups excluding carboxylic acids is 1. The van der Waals surface area contributed by atoms with Gasteiger partial charge < -0.3 is 15.3 Å². The molecule has 6 nitrogen and oxygen atoms in total. The maximum Gasteiger partial charge on any atom is 0.317 e. The number of carbonyl (C=O) groups is 2. The normalized spacial score (nSPS) is 13.4. The third kappa shape index (κ3) is 5.20. The van der Waals surface area contributed by atoms with Gasteiger partial charge in [-0.05, 0) is 13.8 Å². The van der Waals surface area contributed by atoms with Crippen molar-refractivity contribution in [3.63, 3.8) is 0 Å². The molecule has 2 N–H and O–H groups in total. The number of nitrogens with zero attached hydrogens (tertiary/aromatic N) is 2. The van der Waals surface area contributed by atoms with Crippen molar-refractivity contribution >= 4 is 12.0 Å². The molecule has 6 heteroatoms. The van der Waals surface area contributed by atoms with Gasteiger partial charge in [0.2, 0.25) is 0 Å². The van der Waals surface area contributed by atoms with Gasteiger partial charge >= 0.3 is 12.0 Å². The molecule has 0 aliphatic rings. The molecule has 2 unspecified atom stereocenters. The van der Waals surface area contributed by atoms with E-state index in [0.29, 0.717) is 0 Å². The van der Waals surface area contributed by atoms with Gasteiger partial charge in [-0.15, -0.1) is 0 Å². The minimum atomic E-state index is -0.958. The van der Waals surface area contributed by atoms with Gasteiger partial charge in [-0.1, -0.05) is 0 Å². The Morgan fingerprint density at radius 3 is 2.50 bits per heavy atom. The quantitative estimate of drug-likeness (QED) is 0.726. The summed E-state index contributed by atoms with van der Waals surface area (Å²) in [6.07, 6.45) is 0.128. The van der Waals surface area contributed by atoms with E-state index < -0.39 is 12.0 Å². The highest BCUT2D eigenvalue weighted by Gasteiger charge is 2.18. The summed E-state index contributed by atoms with van der Waals surface area (Å²) in [7, 11) is 1.57. The monoisotopic (exact) mass is 227 g/mol. The number of hydrogen-bond donors (Lipinski definition) is 2. The van der Waals surface area contributed by atoms with E-state index in [4.69, 9.17) is 10.4 Å². The number of rotatable bonds is 5. The number of aliphatic carboxylic acids is 1. The number of carboxylic acid groups (broad SMARTS) is 1. The Bertz CT molecular complexity index is 298. The van der Waals surface area contributed by atoms with Crippen LogP contribution in [0, 0.1) is 11.3 Å². The fraction of sp³-hybridized carbons (Fsp3) is 0.700. The SMILES string of the molecule is CC(CC(=O)O)NC(=O)N(C)C(C)CC#N. The Balaban J connectivity index is 4.15. The molecule has 0 saturated heterocycles. The molecule has 0 fully saturated rings. The molecule has 16 heavy (non-hydrogen) atoms. The van der Waals surface area contributed by atoms with Gasteiger partial charge in [0.25, 0.3) is 0 Å². The summed E-state index contributed by atoms with van der Waals surface area (Å²) in [5.41, 5.74) is 0. The van der Waals surface area contributed by atoms with E-state index in [1.54, 1.807) is 20.9 Å². The minimum absolute atomic E-state index is 0.119. The van der Waals surface area contributed by atoms with Crippen LogP contribution in [0.25, 0.3) is 0 Å². The number of hydrogen-bond acceptors (Lipinski definition) is 3. The van der Waals surface area contributed by atoms with Gasteiger partial charge in [-0.2, -0.15) is 5.26 Å². The maximum atomic E-state index is 11.6. The summed E-state index contributed by atoms with van der Waals surface area (Å²) in [6, 6.07) is 0.987. The molecular formula is C10H17N3O3. The second-order valence-electron chi connectivity index (χ2n) is 3.77. The van der Waals surface area contributed by atoms with Crippen molar-refractivity contribution in [1.29, 1.82) is 5.26 Å². The topological polar surface area (TPSA) is 93.4 Å². The molecule has 2 amide bonds. The second kappa shape index (κ2) is 6.67. The third-order valence-corrected chi connectivity index (χ3v) is 2.22. The number of urea groups is 1. The van der Waals surface area contributed by atoms with E-state index in [-0.39, 0.29) is 24.9 Å². The average Bonchev–Trinajstić information content (AvgIpc) is 2.15. The number of carboxylic acids is 1. The van der Waals surface area contributed by atoms with Crippen LogP contribution >= 0.6 is 0 Å². The largest absolute Gasteiger partial charge is 0.481 e. The van der Waals surface area contributed by atoms with Crippen LogP contribution in [0.2, 0.25) is 0 Å². The van der Waals surface area contributed by atoms with Crippen molar-refractivity contribution in [3.8, 4) is 6.07 Å². The summed E-state index contributed by atoms with van der Waals surface area (Å²) in [6.45, 7) is 3.37. The molecule has 0 heterocycles. The van der Waals surface area contributed by atoms with E-state index in [2.05, 4.69) is 5.32 Å². The van der Waals surface area contributed by atoms with Gasteiger partial charge in [0.1, 0.15) is 0 Å². The van der Waals surface area contributed by atoms with Gasteiger partial charge in [0.05, 0.1) is 18.9 Å². The summed E-state index contributed by atoms with van der Waals surface area (Å²) in [5.74, 6) is -0.958. The summed E-state index contributed by atoms with van der Waals surface area (Å²) in [5, 5.41) is 19.5. The van der Waals surface area contributed by atoms with Crippen LogP contribution in [0.4, 0.5) is 4.79 Å². The zero-order valence-corrected chi connectivity index (χ0v) is 9.73. The maximum absolute atomic E-state index is 11.6. The molecule has 0 bridgehead atoms. The Kier molecular flexibility index (Phi) is 5.93. The van der Waals surface area contributed by atoms with E-state index in [0.717, 1.165) is 0 Å². The first-order chi connectivity index (χ1) is 7.38. The van der Waals surface area contributed by atoms with Crippen LogP contribution in [-0.4, -0.2) is 41.1 Å². The Hall–Kier alpha value is -1.77. The van der Waals surface area contributed by atoms with Crippen LogP contribution in [0.5, 0.6) is 0 Å². The van der Waals surface area contributed by atoms with Gasteiger partial charge in [0, 0.05) is 19.1 Å². The molecule has 2 atom stereocenters. The molecule has 0 aromatic heterocycles. The van der Waals surface area contributed by atoms with Gasteiger partial charge in [0.15, 0.2) is 0 Å². The first-order valence-electron chi connectivity index (χ1n) is 5.00. The van der Waals surface area contributed by atoms with E-state index in [9.17, 15) is 9.59 Å². The molecule has 0 saturated carbocycles. The number of nitriles is 1. The number of amides is 2. The molecule has 90 valence electrons. The van der Waals surface area contributed by atoms with E-state index in [1.165, 1.54) is 4.90 Å². The predicted octanol–water partition coefficient (Wildman–Crippen LogP) is 0.793. The lowest BCUT2D eigenvalue weighted by Gasteiger charge is -2.25. The standard InChI is InChI=1S/C10H17N3O3/c1-7(6-9(14)15)12-10(16)13(3)8(2)4-5-11/h7-8H,4,6H2,1-3H3,(H,12,16)(H,14,15). The smallest absolute Gasteiger partial charge is 0.317 e. The second-order valence-corrected chi connectivity index (χ2v) is 3.77. The fourth-order valence-electron chi connectivity index (χ4n) is 1.09. The van der Waals surface area contributed by atoms with Crippen LogP contribution < -0.4 is 5.32 Å². The molecule has 0 aliphatic carbocycles.